The largest absolute Gasteiger partial charge is 0.376 e. The molecule has 0 aliphatic carbocycles. The Bertz CT molecular complexity index is 909. The molecule has 1 N–H and O–H groups in total. The van der Waals surface area contributed by atoms with Gasteiger partial charge in [-0.1, -0.05) is 18.2 Å². The second-order valence-electron chi connectivity index (χ2n) is 8.61. The Morgan fingerprint density at radius 3 is 2.73 bits per heavy atom. The third-order valence-corrected chi connectivity index (χ3v) is 5.90. The number of nitrogens with one attached hydrogen (secondary N) is 1. The molecule has 2 aliphatic rings. The number of hydrogen-bond acceptors (Lipinski definition) is 5. The van der Waals surface area contributed by atoms with Crippen LogP contribution in [0.1, 0.15) is 48.7 Å². The number of carbonyl (C=O) groups excluding carboxylic acids is 2. The number of nitrogens with zero attached hydrogens (tertiary/aromatic N) is 4. The maximum absolute atomic E-state index is 13.1. The first-order valence-electron chi connectivity index (χ1n) is 10.6. The Hall–Kier alpha value is -2.74. The SMILES string of the molecule is CC1(C)C[C@@H](C(=O)N2CCc3nnc(CNC(=O)c4ccccc4)n3CC2)CCO1. The fourth-order valence-electron chi connectivity index (χ4n) is 4.29. The molecule has 8 nitrogen and oxygen atoms in total. The highest BCUT2D eigenvalue weighted by Gasteiger charge is 2.35. The van der Waals surface area contributed by atoms with Gasteiger partial charge in [0.05, 0.1) is 12.1 Å². The van der Waals surface area contributed by atoms with E-state index < -0.39 is 0 Å². The van der Waals surface area contributed by atoms with E-state index in [0.29, 0.717) is 44.8 Å². The first-order valence-corrected chi connectivity index (χ1v) is 10.6. The third-order valence-electron chi connectivity index (χ3n) is 5.90. The molecule has 1 saturated heterocycles. The van der Waals surface area contributed by atoms with Crippen molar-refractivity contribution >= 4 is 11.8 Å². The van der Waals surface area contributed by atoms with E-state index in [1.54, 1.807) is 12.1 Å². The highest BCUT2D eigenvalue weighted by molar-refractivity contribution is 5.94. The Balaban J connectivity index is 1.37. The Morgan fingerprint density at radius 1 is 1.17 bits per heavy atom. The van der Waals surface area contributed by atoms with Crippen LogP contribution in [0.3, 0.4) is 0 Å². The summed E-state index contributed by atoms with van der Waals surface area (Å²) >= 11 is 0. The summed E-state index contributed by atoms with van der Waals surface area (Å²) in [6.45, 7) is 6.94. The van der Waals surface area contributed by atoms with Crippen molar-refractivity contribution in [2.75, 3.05) is 19.7 Å². The minimum absolute atomic E-state index is 0.0157. The van der Waals surface area contributed by atoms with Gasteiger partial charge in [0.15, 0.2) is 5.82 Å². The van der Waals surface area contributed by atoms with Crippen molar-refractivity contribution in [3.63, 3.8) is 0 Å². The minimum atomic E-state index is -0.245. The normalized spacial score (nSPS) is 20.9. The standard InChI is InChI=1S/C22H29N5O3/c1-22(2)14-17(9-13-30-22)21(29)26-10-8-18-24-25-19(27(18)12-11-26)15-23-20(28)16-6-4-3-5-7-16/h3-7,17H,8-15H2,1-2H3,(H,23,28)/t17-/m0/s1. The predicted octanol–water partition coefficient (Wildman–Crippen LogP) is 1.80. The zero-order valence-electron chi connectivity index (χ0n) is 17.6. The average molecular weight is 412 g/mol. The van der Waals surface area contributed by atoms with Gasteiger partial charge in [-0.2, -0.15) is 0 Å². The number of aromatic nitrogens is 3. The molecule has 1 fully saturated rings. The molecule has 0 spiro atoms. The van der Waals surface area contributed by atoms with Gasteiger partial charge in [-0.15, -0.1) is 10.2 Å². The average Bonchev–Trinajstić information content (AvgIpc) is 3.00. The number of hydrogen-bond donors (Lipinski definition) is 1. The molecule has 8 heteroatoms. The number of amides is 2. The summed E-state index contributed by atoms with van der Waals surface area (Å²) in [5.41, 5.74) is 0.370. The van der Waals surface area contributed by atoms with Crippen LogP contribution < -0.4 is 5.32 Å². The topological polar surface area (TPSA) is 89.4 Å². The fourth-order valence-corrected chi connectivity index (χ4v) is 4.29. The van der Waals surface area contributed by atoms with Crippen LogP contribution in [-0.4, -0.2) is 56.8 Å². The van der Waals surface area contributed by atoms with Gasteiger partial charge < -0.3 is 19.5 Å². The van der Waals surface area contributed by atoms with Crippen LogP contribution in [0.25, 0.3) is 0 Å². The summed E-state index contributed by atoms with van der Waals surface area (Å²) in [7, 11) is 0. The molecule has 1 aromatic heterocycles. The highest BCUT2D eigenvalue weighted by Crippen LogP contribution is 2.30. The van der Waals surface area contributed by atoms with E-state index in [1.807, 2.05) is 41.5 Å². The first kappa shape index (κ1) is 20.5. The van der Waals surface area contributed by atoms with Crippen molar-refractivity contribution < 1.29 is 14.3 Å². The molecule has 1 aromatic carbocycles. The van der Waals surface area contributed by atoms with Gasteiger partial charge in [0, 0.05) is 44.1 Å². The molecule has 3 heterocycles. The summed E-state index contributed by atoms with van der Waals surface area (Å²) in [4.78, 5) is 27.4. The van der Waals surface area contributed by atoms with Gasteiger partial charge in [-0.3, -0.25) is 9.59 Å². The maximum atomic E-state index is 13.1. The van der Waals surface area contributed by atoms with Crippen LogP contribution in [0.15, 0.2) is 30.3 Å². The van der Waals surface area contributed by atoms with Crippen molar-refractivity contribution in [2.24, 2.45) is 5.92 Å². The minimum Gasteiger partial charge on any atom is -0.376 e. The van der Waals surface area contributed by atoms with Crippen molar-refractivity contribution in [3.8, 4) is 0 Å². The molecule has 2 amide bonds. The lowest BCUT2D eigenvalue weighted by Crippen LogP contribution is -2.44. The van der Waals surface area contributed by atoms with Gasteiger partial charge in [0.2, 0.25) is 5.91 Å². The van der Waals surface area contributed by atoms with Crippen LogP contribution in [0.2, 0.25) is 0 Å². The first-order chi connectivity index (χ1) is 14.4. The number of benzene rings is 1. The van der Waals surface area contributed by atoms with E-state index in [-0.39, 0.29) is 23.3 Å². The van der Waals surface area contributed by atoms with Crippen LogP contribution in [-0.2, 0) is 29.0 Å². The molecule has 0 radical (unpaired) electrons. The molecule has 160 valence electrons. The Kier molecular flexibility index (Phi) is 5.85. The van der Waals surface area contributed by atoms with Crippen LogP contribution in [0.4, 0.5) is 0 Å². The van der Waals surface area contributed by atoms with Crippen LogP contribution in [0, 0.1) is 5.92 Å². The summed E-state index contributed by atoms with van der Waals surface area (Å²) in [5, 5.41) is 11.5. The maximum Gasteiger partial charge on any atom is 0.251 e. The zero-order valence-corrected chi connectivity index (χ0v) is 17.6. The van der Waals surface area contributed by atoms with Gasteiger partial charge in [0.1, 0.15) is 5.82 Å². The van der Waals surface area contributed by atoms with Crippen LogP contribution >= 0.6 is 0 Å². The lowest BCUT2D eigenvalue weighted by atomic mass is 9.87. The van der Waals surface area contributed by atoms with Gasteiger partial charge >= 0.3 is 0 Å². The lowest BCUT2D eigenvalue weighted by molar-refractivity contribution is -0.145. The zero-order chi connectivity index (χ0) is 21.1. The number of carbonyl (C=O) groups is 2. The van der Waals surface area contributed by atoms with Crippen molar-refractivity contribution in [3.05, 3.63) is 47.5 Å². The van der Waals surface area contributed by atoms with Crippen molar-refractivity contribution in [2.45, 2.75) is 51.8 Å². The van der Waals surface area contributed by atoms with Gasteiger partial charge in [0.25, 0.3) is 5.91 Å². The predicted molar refractivity (Wildman–Crippen MR) is 111 cm³/mol. The lowest BCUT2D eigenvalue weighted by Gasteiger charge is -2.36. The Morgan fingerprint density at radius 2 is 1.97 bits per heavy atom. The van der Waals surface area contributed by atoms with Gasteiger partial charge in [-0.25, -0.2) is 0 Å². The molecule has 4 rings (SSSR count). The third kappa shape index (κ3) is 4.53. The summed E-state index contributed by atoms with van der Waals surface area (Å²) < 4.78 is 7.80. The monoisotopic (exact) mass is 411 g/mol. The van der Waals surface area contributed by atoms with Crippen molar-refractivity contribution in [1.82, 2.24) is 25.0 Å². The summed E-state index contributed by atoms with van der Waals surface area (Å²) in [6.07, 6.45) is 2.20. The molecule has 0 saturated carbocycles. The second-order valence-corrected chi connectivity index (χ2v) is 8.61. The molecule has 30 heavy (non-hydrogen) atoms. The number of fused-ring (bicyclic) bond motifs is 1. The van der Waals surface area contributed by atoms with E-state index in [2.05, 4.69) is 15.5 Å². The van der Waals surface area contributed by atoms with E-state index in [1.165, 1.54) is 0 Å². The van der Waals surface area contributed by atoms with Crippen molar-refractivity contribution in [1.29, 1.82) is 0 Å². The van der Waals surface area contributed by atoms with Gasteiger partial charge in [-0.05, 0) is 38.8 Å². The molecule has 2 aliphatic heterocycles. The molecule has 0 unspecified atom stereocenters. The summed E-state index contributed by atoms with van der Waals surface area (Å²) in [6, 6.07) is 9.11. The Labute approximate surface area is 176 Å². The summed E-state index contributed by atoms with van der Waals surface area (Å²) in [5.74, 6) is 1.67. The van der Waals surface area contributed by atoms with E-state index in [9.17, 15) is 9.59 Å². The molecular formula is C22H29N5O3. The second kappa shape index (κ2) is 8.55. The van der Waals surface area contributed by atoms with Crippen LogP contribution in [0.5, 0.6) is 0 Å². The number of ether oxygens (including phenoxy) is 1. The molecule has 1 atom stereocenters. The smallest absolute Gasteiger partial charge is 0.251 e. The molecule has 0 bridgehead atoms. The van der Waals surface area contributed by atoms with E-state index in [4.69, 9.17) is 4.74 Å². The number of rotatable bonds is 4. The molecule has 2 aromatic rings. The van der Waals surface area contributed by atoms with E-state index >= 15 is 0 Å². The van der Waals surface area contributed by atoms with E-state index in [0.717, 1.165) is 24.5 Å². The molecular weight excluding hydrogens is 382 g/mol. The fraction of sp³-hybridized carbons (Fsp3) is 0.545. The highest BCUT2D eigenvalue weighted by atomic mass is 16.5. The quantitative estimate of drug-likeness (QED) is 0.829.